The number of aryl methyl sites for hydroxylation is 1. The molecule has 0 aromatic heterocycles. The predicted octanol–water partition coefficient (Wildman–Crippen LogP) is 3.86. The Morgan fingerprint density at radius 1 is 1.26 bits per heavy atom. The molecule has 0 aliphatic rings. The van der Waals surface area contributed by atoms with E-state index in [0.717, 1.165) is 16.7 Å². The highest BCUT2D eigenvalue weighted by Gasteiger charge is 2.03. The van der Waals surface area contributed by atoms with E-state index in [1.165, 1.54) is 0 Å². The van der Waals surface area contributed by atoms with Crippen molar-refractivity contribution < 1.29 is 4.74 Å². The van der Waals surface area contributed by atoms with Crippen LogP contribution in [0, 0.1) is 6.92 Å². The third-order valence-electron chi connectivity index (χ3n) is 2.69. The second kappa shape index (κ2) is 6.04. The van der Waals surface area contributed by atoms with Gasteiger partial charge in [-0.05, 0) is 36.2 Å². The molecule has 0 amide bonds. The molecule has 2 aromatic carbocycles. The SMILES string of the molecule is Cc1ccc(Cl)c(OCc2cccc(C(N)=S)c2)c1. The van der Waals surface area contributed by atoms with Crippen LogP contribution in [0.15, 0.2) is 42.5 Å². The lowest BCUT2D eigenvalue weighted by molar-refractivity contribution is 0.306. The Bertz CT molecular complexity index is 613. The third-order valence-corrected chi connectivity index (χ3v) is 3.24. The lowest BCUT2D eigenvalue weighted by Crippen LogP contribution is -2.09. The van der Waals surface area contributed by atoms with Crippen molar-refractivity contribution >= 4 is 28.8 Å². The van der Waals surface area contributed by atoms with Gasteiger partial charge in [-0.2, -0.15) is 0 Å². The molecule has 0 bridgehead atoms. The number of thiocarbonyl (C=S) groups is 1. The largest absolute Gasteiger partial charge is 0.487 e. The molecular formula is C15H14ClNOS. The molecule has 0 radical (unpaired) electrons. The van der Waals surface area contributed by atoms with E-state index in [1.54, 1.807) is 0 Å². The fraction of sp³-hybridized carbons (Fsp3) is 0.133. The van der Waals surface area contributed by atoms with Crippen LogP contribution in [0.25, 0.3) is 0 Å². The van der Waals surface area contributed by atoms with E-state index in [2.05, 4.69) is 0 Å². The zero-order chi connectivity index (χ0) is 13.8. The summed E-state index contributed by atoms with van der Waals surface area (Å²) in [5.74, 6) is 0.683. The highest BCUT2D eigenvalue weighted by Crippen LogP contribution is 2.26. The van der Waals surface area contributed by atoms with Crippen LogP contribution in [0.5, 0.6) is 5.75 Å². The van der Waals surface area contributed by atoms with Crippen LogP contribution in [0.4, 0.5) is 0 Å². The van der Waals surface area contributed by atoms with Crippen molar-refractivity contribution in [2.45, 2.75) is 13.5 Å². The van der Waals surface area contributed by atoms with Gasteiger partial charge in [0.15, 0.2) is 0 Å². The number of benzene rings is 2. The monoisotopic (exact) mass is 291 g/mol. The molecule has 19 heavy (non-hydrogen) atoms. The van der Waals surface area contributed by atoms with Gasteiger partial charge in [-0.15, -0.1) is 0 Å². The number of rotatable bonds is 4. The number of hydrogen-bond donors (Lipinski definition) is 1. The lowest BCUT2D eigenvalue weighted by atomic mass is 10.1. The highest BCUT2D eigenvalue weighted by molar-refractivity contribution is 7.80. The van der Waals surface area contributed by atoms with Gasteiger partial charge in [0.05, 0.1) is 5.02 Å². The molecule has 0 saturated carbocycles. The second-order valence-corrected chi connectivity index (χ2v) is 5.13. The maximum absolute atomic E-state index is 6.08. The minimum absolute atomic E-state index is 0.385. The van der Waals surface area contributed by atoms with Gasteiger partial charge >= 0.3 is 0 Å². The number of hydrogen-bond acceptors (Lipinski definition) is 2. The van der Waals surface area contributed by atoms with Crippen molar-refractivity contribution in [1.82, 2.24) is 0 Å². The summed E-state index contributed by atoms with van der Waals surface area (Å²) in [6.07, 6.45) is 0. The molecule has 0 fully saturated rings. The number of nitrogens with two attached hydrogens (primary N) is 1. The van der Waals surface area contributed by atoms with E-state index in [9.17, 15) is 0 Å². The van der Waals surface area contributed by atoms with Gasteiger partial charge in [0.2, 0.25) is 0 Å². The summed E-state index contributed by atoms with van der Waals surface area (Å²) in [5.41, 5.74) is 8.55. The molecule has 98 valence electrons. The van der Waals surface area contributed by atoms with Crippen LogP contribution in [-0.2, 0) is 6.61 Å². The van der Waals surface area contributed by atoms with Gasteiger partial charge in [-0.1, -0.05) is 48.1 Å². The van der Waals surface area contributed by atoms with E-state index in [-0.39, 0.29) is 0 Å². The van der Waals surface area contributed by atoms with Gasteiger partial charge in [0.1, 0.15) is 17.3 Å². The first-order valence-corrected chi connectivity index (χ1v) is 6.62. The maximum atomic E-state index is 6.08. The van der Waals surface area contributed by atoms with E-state index >= 15 is 0 Å². The summed E-state index contributed by atoms with van der Waals surface area (Å²) < 4.78 is 5.72. The number of halogens is 1. The minimum atomic E-state index is 0.385. The minimum Gasteiger partial charge on any atom is -0.487 e. The Kier molecular flexibility index (Phi) is 4.40. The smallest absolute Gasteiger partial charge is 0.138 e. The lowest BCUT2D eigenvalue weighted by Gasteiger charge is -2.09. The average molecular weight is 292 g/mol. The third kappa shape index (κ3) is 3.69. The first-order valence-electron chi connectivity index (χ1n) is 5.84. The first kappa shape index (κ1) is 13.8. The standard InChI is InChI=1S/C15H14ClNOS/c1-10-5-6-13(16)14(7-10)18-9-11-3-2-4-12(8-11)15(17)19/h2-8H,9H2,1H3,(H2,17,19). The summed E-state index contributed by atoms with van der Waals surface area (Å²) in [7, 11) is 0. The van der Waals surface area contributed by atoms with Crippen molar-refractivity contribution in [3.63, 3.8) is 0 Å². The van der Waals surface area contributed by atoms with E-state index < -0.39 is 0 Å². The molecule has 2 aromatic rings. The van der Waals surface area contributed by atoms with Crippen molar-refractivity contribution in [2.24, 2.45) is 5.73 Å². The summed E-state index contributed by atoms with van der Waals surface area (Å²) in [5, 5.41) is 0.608. The zero-order valence-corrected chi connectivity index (χ0v) is 12.1. The molecule has 4 heteroatoms. The Morgan fingerprint density at radius 2 is 2.05 bits per heavy atom. The van der Waals surface area contributed by atoms with Gasteiger partial charge in [-0.3, -0.25) is 0 Å². The van der Waals surface area contributed by atoms with Gasteiger partial charge in [-0.25, -0.2) is 0 Å². The molecule has 0 aliphatic heterocycles. The van der Waals surface area contributed by atoms with Crippen molar-refractivity contribution in [2.75, 3.05) is 0 Å². The van der Waals surface area contributed by atoms with Crippen LogP contribution in [0.3, 0.4) is 0 Å². The molecule has 2 nitrogen and oxygen atoms in total. The average Bonchev–Trinajstić information content (AvgIpc) is 2.40. The molecule has 0 unspecified atom stereocenters. The van der Waals surface area contributed by atoms with Crippen molar-refractivity contribution in [1.29, 1.82) is 0 Å². The van der Waals surface area contributed by atoms with E-state index in [4.69, 9.17) is 34.3 Å². The molecule has 0 heterocycles. The van der Waals surface area contributed by atoms with E-state index in [1.807, 2.05) is 49.4 Å². The highest BCUT2D eigenvalue weighted by atomic mass is 35.5. The van der Waals surface area contributed by atoms with Crippen LogP contribution in [0.1, 0.15) is 16.7 Å². The first-order chi connectivity index (χ1) is 9.06. The van der Waals surface area contributed by atoms with Crippen molar-refractivity contribution in [3.8, 4) is 5.75 Å². The summed E-state index contributed by atoms with van der Waals surface area (Å²) in [6, 6.07) is 13.4. The van der Waals surface area contributed by atoms with Gasteiger partial charge in [0.25, 0.3) is 0 Å². The quantitative estimate of drug-likeness (QED) is 0.869. The number of ether oxygens (including phenoxy) is 1. The molecule has 0 saturated heterocycles. The summed E-state index contributed by atoms with van der Waals surface area (Å²) in [4.78, 5) is 0.385. The van der Waals surface area contributed by atoms with Crippen LogP contribution < -0.4 is 10.5 Å². The maximum Gasteiger partial charge on any atom is 0.138 e. The molecule has 2 N–H and O–H groups in total. The summed E-state index contributed by atoms with van der Waals surface area (Å²) in [6.45, 7) is 2.43. The predicted molar refractivity (Wildman–Crippen MR) is 82.9 cm³/mol. The topological polar surface area (TPSA) is 35.2 Å². The van der Waals surface area contributed by atoms with E-state index in [0.29, 0.717) is 22.4 Å². The van der Waals surface area contributed by atoms with Gasteiger partial charge in [0, 0.05) is 5.56 Å². The Balaban J connectivity index is 2.12. The second-order valence-electron chi connectivity index (χ2n) is 4.29. The fourth-order valence-corrected chi connectivity index (χ4v) is 2.00. The normalized spacial score (nSPS) is 10.2. The molecular weight excluding hydrogens is 278 g/mol. The van der Waals surface area contributed by atoms with Crippen LogP contribution in [0.2, 0.25) is 5.02 Å². The Labute approximate surface area is 123 Å². The molecule has 0 spiro atoms. The van der Waals surface area contributed by atoms with Crippen LogP contribution in [-0.4, -0.2) is 4.99 Å². The molecule has 0 aliphatic carbocycles. The molecule has 2 rings (SSSR count). The summed E-state index contributed by atoms with van der Waals surface area (Å²) >= 11 is 11.0. The van der Waals surface area contributed by atoms with Crippen molar-refractivity contribution in [3.05, 3.63) is 64.2 Å². The zero-order valence-electron chi connectivity index (χ0n) is 10.5. The van der Waals surface area contributed by atoms with Crippen LogP contribution >= 0.6 is 23.8 Å². The Hall–Kier alpha value is -1.58. The fourth-order valence-electron chi connectivity index (χ4n) is 1.70. The van der Waals surface area contributed by atoms with Gasteiger partial charge < -0.3 is 10.5 Å². The molecule has 0 atom stereocenters. The Morgan fingerprint density at radius 3 is 2.79 bits per heavy atom.